The van der Waals surface area contributed by atoms with E-state index in [-0.39, 0.29) is 18.0 Å². The van der Waals surface area contributed by atoms with Gasteiger partial charge in [-0.1, -0.05) is 0 Å². The minimum absolute atomic E-state index is 0.0113. The number of nitrogens with zero attached hydrogens (tertiary/aromatic N) is 2. The fourth-order valence-corrected chi connectivity index (χ4v) is 2.67. The van der Waals surface area contributed by atoms with Crippen molar-refractivity contribution in [3.8, 4) is 0 Å². The molecule has 0 saturated carbocycles. The molecule has 0 N–H and O–H groups in total. The normalized spacial score (nSPS) is 25.1. The highest BCUT2D eigenvalue weighted by Crippen LogP contribution is 2.25. The van der Waals surface area contributed by atoms with Crippen molar-refractivity contribution in [2.24, 2.45) is 0 Å². The first-order valence-electron chi connectivity index (χ1n) is 6.27. The fraction of sp³-hybridized carbons (Fsp3) is 0.692. The van der Waals surface area contributed by atoms with Gasteiger partial charge in [0.25, 0.3) is 5.91 Å². The van der Waals surface area contributed by atoms with Crippen LogP contribution in [0.4, 0.5) is 0 Å². The van der Waals surface area contributed by atoms with Crippen LogP contribution >= 0.6 is 0 Å². The van der Waals surface area contributed by atoms with Gasteiger partial charge in [0.15, 0.2) is 5.89 Å². The lowest BCUT2D eigenvalue weighted by atomic mass is 9.97. The summed E-state index contributed by atoms with van der Waals surface area (Å²) in [5.41, 5.74) is 0.692. The second kappa shape index (κ2) is 4.51. The first-order valence-corrected chi connectivity index (χ1v) is 6.27. The van der Waals surface area contributed by atoms with Crippen molar-refractivity contribution in [3.05, 3.63) is 17.3 Å². The molecule has 4 nitrogen and oxygen atoms in total. The van der Waals surface area contributed by atoms with Crippen molar-refractivity contribution in [2.75, 3.05) is 0 Å². The molecule has 94 valence electrons. The van der Waals surface area contributed by atoms with Gasteiger partial charge in [-0.3, -0.25) is 4.79 Å². The van der Waals surface area contributed by atoms with Gasteiger partial charge >= 0.3 is 0 Å². The Morgan fingerprint density at radius 3 is 2.35 bits per heavy atom. The molecule has 1 aromatic rings. The second-order valence-electron chi connectivity index (χ2n) is 4.99. The molecule has 0 aliphatic carbocycles. The number of hydrogen-bond donors (Lipinski definition) is 0. The summed E-state index contributed by atoms with van der Waals surface area (Å²) in [6.45, 7) is 7.80. The average Bonchev–Trinajstić information content (AvgIpc) is 2.57. The summed E-state index contributed by atoms with van der Waals surface area (Å²) in [4.78, 5) is 18.6. The van der Waals surface area contributed by atoms with E-state index < -0.39 is 0 Å². The van der Waals surface area contributed by atoms with Gasteiger partial charge in [0.05, 0.1) is 5.69 Å². The molecule has 1 fully saturated rings. The molecule has 1 amide bonds. The van der Waals surface area contributed by atoms with Crippen molar-refractivity contribution < 1.29 is 9.21 Å². The second-order valence-corrected chi connectivity index (χ2v) is 4.99. The van der Waals surface area contributed by atoms with Gasteiger partial charge in [-0.05, 0) is 40.0 Å². The highest BCUT2D eigenvalue weighted by molar-refractivity contribution is 5.93. The number of aryl methyl sites for hydroxylation is 2. The molecule has 0 bridgehead atoms. The van der Waals surface area contributed by atoms with Crippen molar-refractivity contribution in [1.82, 2.24) is 9.88 Å². The first kappa shape index (κ1) is 12.1. The van der Waals surface area contributed by atoms with Gasteiger partial charge in [0, 0.05) is 19.0 Å². The van der Waals surface area contributed by atoms with E-state index >= 15 is 0 Å². The Labute approximate surface area is 102 Å². The Hall–Kier alpha value is -1.32. The Bertz CT molecular complexity index is 415. The molecule has 1 aromatic heterocycles. The minimum atomic E-state index is -0.0113. The maximum Gasteiger partial charge on any atom is 0.292 e. The van der Waals surface area contributed by atoms with E-state index in [1.165, 1.54) is 6.42 Å². The van der Waals surface area contributed by atoms with Gasteiger partial charge in [-0.2, -0.15) is 0 Å². The predicted molar refractivity (Wildman–Crippen MR) is 64.9 cm³/mol. The number of carbonyl (C=O) groups is 1. The molecule has 1 aliphatic heterocycles. The Morgan fingerprint density at radius 1 is 1.29 bits per heavy atom. The molecule has 4 heteroatoms. The largest absolute Gasteiger partial charge is 0.436 e. The molecular weight excluding hydrogens is 216 g/mol. The smallest absolute Gasteiger partial charge is 0.292 e. The third-order valence-corrected chi connectivity index (χ3v) is 3.53. The highest BCUT2D eigenvalue weighted by Gasteiger charge is 2.32. The lowest BCUT2D eigenvalue weighted by Crippen LogP contribution is -2.47. The van der Waals surface area contributed by atoms with Crippen LogP contribution < -0.4 is 0 Å². The van der Waals surface area contributed by atoms with Gasteiger partial charge in [0.2, 0.25) is 5.76 Å². The summed E-state index contributed by atoms with van der Waals surface area (Å²) in [7, 11) is 0. The third-order valence-electron chi connectivity index (χ3n) is 3.53. The van der Waals surface area contributed by atoms with E-state index in [1.54, 1.807) is 6.92 Å². The van der Waals surface area contributed by atoms with Crippen LogP contribution in [0, 0.1) is 13.8 Å². The molecule has 1 saturated heterocycles. The zero-order valence-electron chi connectivity index (χ0n) is 11.0. The number of amides is 1. The molecule has 2 unspecified atom stereocenters. The van der Waals surface area contributed by atoms with E-state index in [0.717, 1.165) is 12.8 Å². The van der Waals surface area contributed by atoms with E-state index in [0.29, 0.717) is 17.3 Å². The number of oxazole rings is 1. The van der Waals surface area contributed by atoms with E-state index in [4.69, 9.17) is 4.42 Å². The lowest BCUT2D eigenvalue weighted by molar-refractivity contribution is 0.0476. The quantitative estimate of drug-likeness (QED) is 0.753. The number of likely N-dealkylation sites (tertiary alicyclic amines) is 1. The van der Waals surface area contributed by atoms with Crippen molar-refractivity contribution in [1.29, 1.82) is 0 Å². The maximum atomic E-state index is 12.4. The molecule has 2 rings (SSSR count). The molecule has 0 aromatic carbocycles. The molecule has 2 heterocycles. The Balaban J connectivity index is 2.27. The van der Waals surface area contributed by atoms with Crippen molar-refractivity contribution in [3.63, 3.8) is 0 Å². The fourth-order valence-electron chi connectivity index (χ4n) is 2.67. The van der Waals surface area contributed by atoms with Gasteiger partial charge in [-0.15, -0.1) is 0 Å². The minimum Gasteiger partial charge on any atom is -0.436 e. The third kappa shape index (κ3) is 2.21. The molecule has 17 heavy (non-hydrogen) atoms. The standard InChI is InChI=1S/C13H20N2O2/c1-8-6-5-7-9(2)15(8)13(16)12-10(3)14-11(4)17-12/h8-9H,5-7H2,1-4H3. The van der Waals surface area contributed by atoms with Crippen LogP contribution in [0.25, 0.3) is 0 Å². The Morgan fingerprint density at radius 2 is 1.88 bits per heavy atom. The summed E-state index contributed by atoms with van der Waals surface area (Å²) >= 11 is 0. The number of piperidine rings is 1. The van der Waals surface area contributed by atoms with Crippen LogP contribution in [0.2, 0.25) is 0 Å². The average molecular weight is 236 g/mol. The van der Waals surface area contributed by atoms with Gasteiger partial charge in [0.1, 0.15) is 0 Å². The number of rotatable bonds is 1. The first-order chi connectivity index (χ1) is 8.00. The van der Waals surface area contributed by atoms with E-state index in [1.807, 2.05) is 11.8 Å². The predicted octanol–water partition coefficient (Wildman–Crippen LogP) is 2.69. The van der Waals surface area contributed by atoms with Crippen LogP contribution in [0.1, 0.15) is 55.2 Å². The van der Waals surface area contributed by atoms with Crippen molar-refractivity contribution in [2.45, 2.75) is 59.0 Å². The summed E-state index contributed by atoms with van der Waals surface area (Å²) in [5.74, 6) is 0.953. The molecular formula is C13H20N2O2. The van der Waals surface area contributed by atoms with E-state index in [2.05, 4.69) is 18.8 Å². The van der Waals surface area contributed by atoms with E-state index in [9.17, 15) is 4.79 Å². The summed E-state index contributed by atoms with van der Waals surface area (Å²) < 4.78 is 5.42. The summed E-state index contributed by atoms with van der Waals surface area (Å²) in [6.07, 6.45) is 3.34. The Kier molecular flexibility index (Phi) is 3.22. The van der Waals surface area contributed by atoms with Crippen molar-refractivity contribution >= 4 is 5.91 Å². The van der Waals surface area contributed by atoms with Crippen LogP contribution in [0.5, 0.6) is 0 Å². The molecule has 0 radical (unpaired) electrons. The highest BCUT2D eigenvalue weighted by atomic mass is 16.4. The van der Waals surface area contributed by atoms with Gasteiger partial charge < -0.3 is 9.32 Å². The SMILES string of the molecule is Cc1nc(C)c(C(=O)N2C(C)CCCC2C)o1. The monoisotopic (exact) mass is 236 g/mol. The zero-order chi connectivity index (χ0) is 12.6. The zero-order valence-corrected chi connectivity index (χ0v) is 11.0. The maximum absolute atomic E-state index is 12.4. The number of hydrogen-bond acceptors (Lipinski definition) is 3. The molecule has 0 spiro atoms. The van der Waals surface area contributed by atoms with Crippen LogP contribution in [0.3, 0.4) is 0 Å². The topological polar surface area (TPSA) is 46.3 Å². The molecule has 1 aliphatic rings. The van der Waals surface area contributed by atoms with Crippen LogP contribution in [-0.4, -0.2) is 27.9 Å². The number of carbonyl (C=O) groups excluding carboxylic acids is 1. The van der Waals surface area contributed by atoms with Crippen LogP contribution in [-0.2, 0) is 0 Å². The summed E-state index contributed by atoms with van der Waals surface area (Å²) in [6, 6.07) is 0.576. The summed E-state index contributed by atoms with van der Waals surface area (Å²) in [5, 5.41) is 0. The lowest BCUT2D eigenvalue weighted by Gasteiger charge is -2.38. The number of aromatic nitrogens is 1. The van der Waals surface area contributed by atoms with Crippen LogP contribution in [0.15, 0.2) is 4.42 Å². The molecule has 2 atom stereocenters. The van der Waals surface area contributed by atoms with Gasteiger partial charge in [-0.25, -0.2) is 4.98 Å².